The quantitative estimate of drug-likeness (QED) is 0.723. The molecular formula is C17H26ClN. The lowest BCUT2D eigenvalue weighted by molar-refractivity contribution is 0.357. The van der Waals surface area contributed by atoms with Crippen molar-refractivity contribution < 1.29 is 0 Å². The van der Waals surface area contributed by atoms with Gasteiger partial charge in [-0.05, 0) is 55.7 Å². The van der Waals surface area contributed by atoms with Gasteiger partial charge in [0.15, 0.2) is 0 Å². The standard InChI is InChI=1S/C17H26ClN/c1-4-12(2)11-13(3)19-17(14-5-6-14)15-7-9-16(18)10-8-15/h7-10,12-14,17,19H,4-6,11H2,1-3H3. The van der Waals surface area contributed by atoms with Gasteiger partial charge in [-0.25, -0.2) is 0 Å². The Bertz CT molecular complexity index is 383. The highest BCUT2D eigenvalue weighted by molar-refractivity contribution is 6.30. The Morgan fingerprint density at radius 2 is 1.84 bits per heavy atom. The molecule has 19 heavy (non-hydrogen) atoms. The summed E-state index contributed by atoms with van der Waals surface area (Å²) in [5.74, 6) is 1.62. The van der Waals surface area contributed by atoms with Crippen LogP contribution in [-0.4, -0.2) is 6.04 Å². The van der Waals surface area contributed by atoms with Crippen LogP contribution in [-0.2, 0) is 0 Å². The van der Waals surface area contributed by atoms with Gasteiger partial charge in [0.1, 0.15) is 0 Å². The maximum Gasteiger partial charge on any atom is 0.0406 e. The second-order valence-corrected chi connectivity index (χ2v) is 6.62. The summed E-state index contributed by atoms with van der Waals surface area (Å²) in [6, 6.07) is 9.45. The zero-order valence-corrected chi connectivity index (χ0v) is 13.1. The van der Waals surface area contributed by atoms with Crippen LogP contribution in [0.3, 0.4) is 0 Å². The lowest BCUT2D eigenvalue weighted by atomic mass is 9.97. The Morgan fingerprint density at radius 1 is 1.21 bits per heavy atom. The predicted molar refractivity (Wildman–Crippen MR) is 83.6 cm³/mol. The van der Waals surface area contributed by atoms with Gasteiger partial charge in [-0.2, -0.15) is 0 Å². The summed E-state index contributed by atoms with van der Waals surface area (Å²) < 4.78 is 0. The molecule has 3 unspecified atom stereocenters. The van der Waals surface area contributed by atoms with Crippen molar-refractivity contribution in [2.24, 2.45) is 11.8 Å². The van der Waals surface area contributed by atoms with Crippen molar-refractivity contribution in [3.8, 4) is 0 Å². The Labute approximate surface area is 122 Å². The van der Waals surface area contributed by atoms with Crippen LogP contribution in [0.1, 0.15) is 58.1 Å². The van der Waals surface area contributed by atoms with E-state index >= 15 is 0 Å². The van der Waals surface area contributed by atoms with E-state index in [1.54, 1.807) is 0 Å². The lowest BCUT2D eigenvalue weighted by Gasteiger charge is -2.25. The molecule has 1 aromatic rings. The van der Waals surface area contributed by atoms with Gasteiger partial charge in [0.05, 0.1) is 0 Å². The van der Waals surface area contributed by atoms with Crippen molar-refractivity contribution in [1.29, 1.82) is 0 Å². The molecular weight excluding hydrogens is 254 g/mol. The molecule has 1 fully saturated rings. The Hall–Kier alpha value is -0.530. The molecule has 0 bridgehead atoms. The molecule has 2 rings (SSSR count). The highest BCUT2D eigenvalue weighted by atomic mass is 35.5. The van der Waals surface area contributed by atoms with E-state index in [9.17, 15) is 0 Å². The molecule has 2 heteroatoms. The first-order valence-corrected chi connectivity index (χ1v) is 7.99. The van der Waals surface area contributed by atoms with Crippen LogP contribution >= 0.6 is 11.6 Å². The summed E-state index contributed by atoms with van der Waals surface area (Å²) in [5, 5.41) is 4.66. The SMILES string of the molecule is CCC(C)CC(C)NC(c1ccc(Cl)cc1)C1CC1. The third-order valence-corrected chi connectivity index (χ3v) is 4.49. The molecule has 0 heterocycles. The molecule has 3 atom stereocenters. The van der Waals surface area contributed by atoms with Crippen molar-refractivity contribution in [3.63, 3.8) is 0 Å². The highest BCUT2D eigenvalue weighted by Gasteiger charge is 2.32. The van der Waals surface area contributed by atoms with Gasteiger partial charge in [0, 0.05) is 17.1 Å². The number of benzene rings is 1. The average Bonchev–Trinajstić information content (AvgIpc) is 3.21. The molecule has 106 valence electrons. The molecule has 0 aromatic heterocycles. The summed E-state index contributed by atoms with van der Waals surface area (Å²) in [7, 11) is 0. The lowest BCUT2D eigenvalue weighted by Crippen LogP contribution is -2.33. The molecule has 1 aliphatic carbocycles. The van der Waals surface area contributed by atoms with Gasteiger partial charge in [0.25, 0.3) is 0 Å². The van der Waals surface area contributed by atoms with E-state index < -0.39 is 0 Å². The van der Waals surface area contributed by atoms with Crippen molar-refractivity contribution in [3.05, 3.63) is 34.9 Å². The van der Waals surface area contributed by atoms with E-state index in [0.717, 1.165) is 16.9 Å². The summed E-state index contributed by atoms with van der Waals surface area (Å²) in [5.41, 5.74) is 1.39. The van der Waals surface area contributed by atoms with Gasteiger partial charge in [-0.15, -0.1) is 0 Å². The summed E-state index contributed by atoms with van der Waals surface area (Å²) in [4.78, 5) is 0. The minimum atomic E-state index is 0.510. The minimum Gasteiger partial charge on any atom is -0.307 e. The van der Waals surface area contributed by atoms with Crippen molar-refractivity contribution in [2.75, 3.05) is 0 Å². The third kappa shape index (κ3) is 4.50. The average molecular weight is 280 g/mol. The van der Waals surface area contributed by atoms with Gasteiger partial charge in [0.2, 0.25) is 0 Å². The van der Waals surface area contributed by atoms with Crippen LogP contribution in [0.25, 0.3) is 0 Å². The van der Waals surface area contributed by atoms with E-state index in [2.05, 4.69) is 38.2 Å². The minimum absolute atomic E-state index is 0.510. The fourth-order valence-corrected chi connectivity index (χ4v) is 2.87. The molecule has 1 aliphatic rings. The van der Waals surface area contributed by atoms with Crippen molar-refractivity contribution in [2.45, 2.75) is 58.5 Å². The fraction of sp³-hybridized carbons (Fsp3) is 0.647. The van der Waals surface area contributed by atoms with Gasteiger partial charge in [-0.1, -0.05) is 44.0 Å². The molecule has 1 N–H and O–H groups in total. The second kappa shape index (κ2) is 6.76. The Morgan fingerprint density at radius 3 is 2.37 bits per heavy atom. The molecule has 0 amide bonds. The van der Waals surface area contributed by atoms with Crippen LogP contribution in [0.4, 0.5) is 0 Å². The van der Waals surface area contributed by atoms with E-state index in [1.807, 2.05) is 12.1 Å². The third-order valence-electron chi connectivity index (χ3n) is 4.24. The van der Waals surface area contributed by atoms with E-state index in [-0.39, 0.29) is 0 Å². The fourth-order valence-electron chi connectivity index (χ4n) is 2.75. The monoisotopic (exact) mass is 279 g/mol. The van der Waals surface area contributed by atoms with Gasteiger partial charge < -0.3 is 5.32 Å². The number of halogens is 1. The molecule has 0 saturated heterocycles. The normalized spacial score (nSPS) is 20.0. The van der Waals surface area contributed by atoms with Crippen LogP contribution in [0.15, 0.2) is 24.3 Å². The summed E-state index contributed by atoms with van der Waals surface area (Å²) in [6.45, 7) is 6.93. The first-order chi connectivity index (χ1) is 9.10. The van der Waals surface area contributed by atoms with Crippen LogP contribution in [0, 0.1) is 11.8 Å². The number of hydrogen-bond donors (Lipinski definition) is 1. The molecule has 0 radical (unpaired) electrons. The topological polar surface area (TPSA) is 12.0 Å². The molecule has 0 spiro atoms. The maximum atomic E-state index is 5.98. The first kappa shape index (κ1) is 14.9. The zero-order chi connectivity index (χ0) is 13.8. The van der Waals surface area contributed by atoms with Gasteiger partial charge in [-0.3, -0.25) is 0 Å². The smallest absolute Gasteiger partial charge is 0.0406 e. The van der Waals surface area contributed by atoms with Crippen LogP contribution < -0.4 is 5.32 Å². The Kier molecular flexibility index (Phi) is 5.29. The molecule has 1 saturated carbocycles. The maximum absolute atomic E-state index is 5.98. The highest BCUT2D eigenvalue weighted by Crippen LogP contribution is 2.41. The number of hydrogen-bond acceptors (Lipinski definition) is 1. The largest absolute Gasteiger partial charge is 0.307 e. The molecule has 1 nitrogen and oxygen atoms in total. The van der Waals surface area contributed by atoms with E-state index in [0.29, 0.717) is 12.1 Å². The zero-order valence-electron chi connectivity index (χ0n) is 12.3. The van der Waals surface area contributed by atoms with Crippen molar-refractivity contribution >= 4 is 11.6 Å². The van der Waals surface area contributed by atoms with E-state index in [1.165, 1.54) is 31.2 Å². The van der Waals surface area contributed by atoms with Crippen LogP contribution in [0.2, 0.25) is 5.02 Å². The van der Waals surface area contributed by atoms with Crippen LogP contribution in [0.5, 0.6) is 0 Å². The van der Waals surface area contributed by atoms with E-state index in [4.69, 9.17) is 11.6 Å². The number of rotatable bonds is 7. The van der Waals surface area contributed by atoms with Crippen molar-refractivity contribution in [1.82, 2.24) is 5.32 Å². The van der Waals surface area contributed by atoms with Gasteiger partial charge >= 0.3 is 0 Å². The Balaban J connectivity index is 1.98. The summed E-state index contributed by atoms with van der Waals surface area (Å²) >= 11 is 5.98. The molecule has 1 aromatic carbocycles. The predicted octanol–water partition coefficient (Wildman–Crippen LogP) is 5.21. The molecule has 0 aliphatic heterocycles. The summed E-state index contributed by atoms with van der Waals surface area (Å²) in [6.07, 6.45) is 5.24. The second-order valence-electron chi connectivity index (χ2n) is 6.18. The number of nitrogens with one attached hydrogen (secondary N) is 1. The first-order valence-electron chi connectivity index (χ1n) is 7.61.